The van der Waals surface area contributed by atoms with Crippen molar-refractivity contribution in [1.29, 1.82) is 0 Å². The Kier molecular flexibility index (Phi) is 5.30. The van der Waals surface area contributed by atoms with Crippen molar-refractivity contribution in [1.82, 2.24) is 0 Å². The number of hydrogen-bond acceptors (Lipinski definition) is 4. The zero-order chi connectivity index (χ0) is 18.4. The van der Waals surface area contributed by atoms with Gasteiger partial charge < -0.3 is 18.3 Å². The van der Waals surface area contributed by atoms with Crippen LogP contribution in [0, 0.1) is 0 Å². The van der Waals surface area contributed by atoms with Gasteiger partial charge in [-0.2, -0.15) is 13.2 Å². The van der Waals surface area contributed by atoms with Crippen LogP contribution >= 0.6 is 0 Å². The third kappa shape index (κ3) is 4.04. The predicted molar refractivity (Wildman–Crippen MR) is 85.8 cm³/mol. The molecule has 1 saturated heterocycles. The summed E-state index contributed by atoms with van der Waals surface area (Å²) in [6, 6.07) is 0. The normalized spacial score (nSPS) is 31.0. The third-order valence-electron chi connectivity index (χ3n) is 4.27. The lowest BCUT2D eigenvalue weighted by Crippen LogP contribution is -2.65. The molecule has 0 radical (unpaired) electrons. The molecule has 0 spiro atoms. The molecule has 0 unspecified atom stereocenters. The lowest BCUT2D eigenvalue weighted by Gasteiger charge is -2.54. The maximum absolute atomic E-state index is 12.3. The van der Waals surface area contributed by atoms with E-state index in [0.717, 1.165) is 0 Å². The number of ether oxygens (including phenoxy) is 2. The molecule has 2 heterocycles. The van der Waals surface area contributed by atoms with Gasteiger partial charge in [0.25, 0.3) is 0 Å². The van der Waals surface area contributed by atoms with Crippen LogP contribution in [-0.2, 0) is 18.3 Å². The van der Waals surface area contributed by atoms with Crippen molar-refractivity contribution >= 4 is 8.56 Å². The Morgan fingerprint density at radius 2 is 1.62 bits per heavy atom. The van der Waals surface area contributed by atoms with Gasteiger partial charge in [0.15, 0.2) is 6.29 Å². The second-order valence-corrected chi connectivity index (χ2v) is 13.1. The first-order valence-electron chi connectivity index (χ1n) is 8.09. The molecule has 0 N–H and O–H groups in total. The summed E-state index contributed by atoms with van der Waals surface area (Å²) < 4.78 is 59.8. The Bertz CT molecular complexity index is 465. The van der Waals surface area contributed by atoms with Crippen LogP contribution in [-0.4, -0.2) is 46.4 Å². The Hall–Kier alpha value is -0.413. The van der Waals surface area contributed by atoms with E-state index in [1.54, 1.807) is 6.08 Å². The highest BCUT2D eigenvalue weighted by atomic mass is 28.4. The molecule has 0 aromatic carbocycles. The van der Waals surface area contributed by atoms with Gasteiger partial charge in [-0.05, 0) is 6.08 Å². The summed E-state index contributed by atoms with van der Waals surface area (Å²) in [5, 5.41) is -0.318. The van der Waals surface area contributed by atoms with E-state index in [1.807, 2.05) is 0 Å². The lowest BCUT2D eigenvalue weighted by molar-refractivity contribution is -0.242. The van der Waals surface area contributed by atoms with Crippen LogP contribution in [0.15, 0.2) is 12.2 Å². The van der Waals surface area contributed by atoms with Crippen molar-refractivity contribution in [3.05, 3.63) is 12.2 Å². The number of fused-ring (bicyclic) bond motifs is 1. The van der Waals surface area contributed by atoms with E-state index in [1.165, 1.54) is 6.08 Å². The number of alkyl halides is 3. The largest absolute Gasteiger partial charge is 0.411 e. The fraction of sp³-hybridized carbons (Fsp3) is 0.875. The van der Waals surface area contributed by atoms with E-state index in [-0.39, 0.29) is 16.2 Å². The van der Waals surface area contributed by atoms with Crippen molar-refractivity contribution in [2.45, 2.75) is 76.3 Å². The van der Waals surface area contributed by atoms with Gasteiger partial charge in [-0.15, -0.1) is 0 Å². The van der Waals surface area contributed by atoms with Crippen molar-refractivity contribution in [2.75, 3.05) is 13.2 Å². The standard InChI is InChI=1S/C16H27F3O4Si/c1-14(2,3)24(15(4,5)6)21-9-12-11(23-24)7-8-13(22-12)20-10-16(17,18)19/h7-8,11-13H,9-10H2,1-6H3/t11-,12-,13+/m1/s1. The minimum absolute atomic E-state index is 0.159. The molecule has 0 aromatic rings. The molecule has 3 atom stereocenters. The molecule has 0 amide bonds. The predicted octanol–water partition coefficient (Wildman–Crippen LogP) is 4.30. The minimum Gasteiger partial charge on any atom is -0.391 e. The van der Waals surface area contributed by atoms with Gasteiger partial charge in [0.1, 0.15) is 12.7 Å². The van der Waals surface area contributed by atoms with Crippen LogP contribution in [0.5, 0.6) is 0 Å². The third-order valence-corrected chi connectivity index (χ3v) is 9.40. The molecule has 2 aliphatic rings. The lowest BCUT2D eigenvalue weighted by atomic mass is 10.1. The summed E-state index contributed by atoms with van der Waals surface area (Å²) in [6.07, 6.45) is -2.96. The fourth-order valence-electron chi connectivity index (χ4n) is 3.48. The highest BCUT2D eigenvalue weighted by Crippen LogP contribution is 2.54. The van der Waals surface area contributed by atoms with Crippen LogP contribution in [0.2, 0.25) is 10.1 Å². The molecule has 2 aliphatic heterocycles. The average Bonchev–Trinajstić information content (AvgIpc) is 2.41. The molecule has 24 heavy (non-hydrogen) atoms. The van der Waals surface area contributed by atoms with Gasteiger partial charge in [-0.1, -0.05) is 47.6 Å². The average molecular weight is 368 g/mol. The first-order chi connectivity index (χ1) is 10.8. The summed E-state index contributed by atoms with van der Waals surface area (Å²) in [7, 11) is -2.62. The van der Waals surface area contributed by atoms with E-state index in [0.29, 0.717) is 6.61 Å². The zero-order valence-electron chi connectivity index (χ0n) is 15.1. The van der Waals surface area contributed by atoms with Gasteiger partial charge in [0.2, 0.25) is 0 Å². The Morgan fingerprint density at radius 3 is 2.12 bits per heavy atom. The van der Waals surface area contributed by atoms with Gasteiger partial charge in [0.05, 0.1) is 12.7 Å². The summed E-state index contributed by atoms with van der Waals surface area (Å²) in [5.41, 5.74) is 0. The topological polar surface area (TPSA) is 36.9 Å². The van der Waals surface area contributed by atoms with Crippen LogP contribution < -0.4 is 0 Å². The number of halogens is 3. The first-order valence-corrected chi connectivity index (χ1v) is 9.91. The van der Waals surface area contributed by atoms with E-state index >= 15 is 0 Å². The molecule has 2 rings (SSSR count). The summed E-state index contributed by atoms with van der Waals surface area (Å²) in [5.74, 6) is 0. The van der Waals surface area contributed by atoms with Crippen molar-refractivity contribution in [2.24, 2.45) is 0 Å². The molecule has 4 nitrogen and oxygen atoms in total. The molecule has 1 fully saturated rings. The van der Waals surface area contributed by atoms with Crippen LogP contribution in [0.4, 0.5) is 13.2 Å². The second kappa shape index (κ2) is 6.39. The summed E-state index contributed by atoms with van der Waals surface area (Å²) in [4.78, 5) is 0. The maximum atomic E-state index is 12.3. The Labute approximate surface area is 142 Å². The van der Waals surface area contributed by atoms with Crippen LogP contribution in [0.1, 0.15) is 41.5 Å². The van der Waals surface area contributed by atoms with Gasteiger partial charge in [-0.3, -0.25) is 0 Å². The number of rotatable bonds is 2. The summed E-state index contributed by atoms with van der Waals surface area (Å²) >= 11 is 0. The van der Waals surface area contributed by atoms with E-state index < -0.39 is 33.7 Å². The maximum Gasteiger partial charge on any atom is 0.411 e. The first kappa shape index (κ1) is 19.9. The van der Waals surface area contributed by atoms with Crippen LogP contribution in [0.25, 0.3) is 0 Å². The highest BCUT2D eigenvalue weighted by molar-refractivity contribution is 6.73. The Morgan fingerprint density at radius 1 is 1.04 bits per heavy atom. The molecular formula is C16H27F3O4Si. The van der Waals surface area contributed by atoms with Gasteiger partial charge >= 0.3 is 14.7 Å². The monoisotopic (exact) mass is 368 g/mol. The minimum atomic E-state index is -4.38. The quantitative estimate of drug-likeness (QED) is 0.538. The van der Waals surface area contributed by atoms with Gasteiger partial charge in [0, 0.05) is 10.1 Å². The smallest absolute Gasteiger partial charge is 0.391 e. The second-order valence-electron chi connectivity index (χ2n) is 8.36. The zero-order valence-corrected chi connectivity index (χ0v) is 16.1. The van der Waals surface area contributed by atoms with Gasteiger partial charge in [-0.25, -0.2) is 0 Å². The van der Waals surface area contributed by atoms with Crippen molar-refractivity contribution in [3.8, 4) is 0 Å². The molecular weight excluding hydrogens is 341 g/mol. The van der Waals surface area contributed by atoms with E-state index in [4.69, 9.17) is 18.3 Å². The molecule has 0 bridgehead atoms. The fourth-order valence-corrected chi connectivity index (χ4v) is 8.38. The molecule has 0 aromatic heterocycles. The molecule has 0 saturated carbocycles. The van der Waals surface area contributed by atoms with E-state index in [9.17, 15) is 13.2 Å². The highest BCUT2D eigenvalue weighted by Gasteiger charge is 2.62. The number of hydrogen-bond donors (Lipinski definition) is 0. The molecule has 0 aliphatic carbocycles. The SMILES string of the molecule is CC(C)(C)[Si]1(C(C)(C)C)OC[C@H]2O[C@H](OCC(F)(F)F)C=C[C@H]2O1. The molecule has 8 heteroatoms. The Balaban J connectivity index is 2.12. The van der Waals surface area contributed by atoms with Crippen molar-refractivity contribution in [3.63, 3.8) is 0 Å². The molecule has 140 valence electrons. The summed E-state index contributed by atoms with van der Waals surface area (Å²) in [6.45, 7) is 11.6. The van der Waals surface area contributed by atoms with Crippen molar-refractivity contribution < 1.29 is 31.5 Å². The van der Waals surface area contributed by atoms with Crippen LogP contribution in [0.3, 0.4) is 0 Å². The van der Waals surface area contributed by atoms with E-state index in [2.05, 4.69) is 41.5 Å².